The van der Waals surface area contributed by atoms with E-state index < -0.39 is 0 Å². The Kier molecular flexibility index (Phi) is 6.41. The molecule has 0 aliphatic carbocycles. The summed E-state index contributed by atoms with van der Waals surface area (Å²) in [6, 6.07) is 5.83. The van der Waals surface area contributed by atoms with Gasteiger partial charge in [-0.3, -0.25) is 4.99 Å². The van der Waals surface area contributed by atoms with Crippen molar-refractivity contribution in [3.05, 3.63) is 35.5 Å². The first kappa shape index (κ1) is 17.6. The summed E-state index contributed by atoms with van der Waals surface area (Å²) in [6.07, 6.45) is 1.36. The number of aryl methyl sites for hydroxylation is 1. The molecule has 0 bridgehead atoms. The van der Waals surface area contributed by atoms with E-state index >= 15 is 0 Å². The molecule has 1 heterocycles. The summed E-state index contributed by atoms with van der Waals surface area (Å²) in [6.45, 7) is 2.95. The van der Waals surface area contributed by atoms with Gasteiger partial charge in [0.1, 0.15) is 0 Å². The first-order valence-electron chi connectivity index (χ1n) is 7.66. The average Bonchev–Trinajstić information content (AvgIpc) is 3.00. The van der Waals surface area contributed by atoms with Crippen molar-refractivity contribution in [2.75, 3.05) is 27.3 Å². The van der Waals surface area contributed by atoms with Crippen molar-refractivity contribution in [1.29, 1.82) is 0 Å². The van der Waals surface area contributed by atoms with Crippen molar-refractivity contribution < 1.29 is 14.0 Å². The van der Waals surface area contributed by atoms with Crippen LogP contribution in [-0.4, -0.2) is 43.4 Å². The molecular weight excluding hydrogens is 310 g/mol. The number of guanidine groups is 1. The van der Waals surface area contributed by atoms with Crippen LogP contribution >= 0.6 is 0 Å². The Labute approximate surface area is 141 Å². The molecule has 0 spiro atoms. The largest absolute Gasteiger partial charge is 0.493 e. The number of methoxy groups -OCH3 is 2. The third-order valence-electron chi connectivity index (χ3n) is 3.35. The summed E-state index contributed by atoms with van der Waals surface area (Å²) in [7, 11) is 3.24. The molecule has 0 fully saturated rings. The molecule has 1 aromatic carbocycles. The molecule has 0 amide bonds. The van der Waals surface area contributed by atoms with E-state index in [1.54, 1.807) is 21.1 Å². The molecular formula is C16H23N5O3. The topological polar surface area (TPSA) is 108 Å². The highest BCUT2D eigenvalue weighted by Gasteiger charge is 2.05. The van der Waals surface area contributed by atoms with Crippen molar-refractivity contribution in [2.24, 2.45) is 10.7 Å². The lowest BCUT2D eigenvalue weighted by atomic mass is 10.1. The second-order valence-electron chi connectivity index (χ2n) is 5.12. The van der Waals surface area contributed by atoms with E-state index in [-0.39, 0.29) is 0 Å². The predicted octanol–water partition coefficient (Wildman–Crippen LogP) is 1.08. The van der Waals surface area contributed by atoms with Crippen molar-refractivity contribution in [2.45, 2.75) is 19.8 Å². The van der Waals surface area contributed by atoms with Crippen molar-refractivity contribution >= 4 is 5.96 Å². The SMILES string of the molecule is COc1ccc(CCNC(N)=NCCc2nc(C)no2)cc1OC. The molecule has 0 radical (unpaired) electrons. The number of hydrogen-bond acceptors (Lipinski definition) is 6. The molecule has 8 heteroatoms. The first-order chi connectivity index (χ1) is 11.6. The number of aliphatic imine (C=N–C) groups is 1. The highest BCUT2D eigenvalue weighted by atomic mass is 16.5. The van der Waals surface area contributed by atoms with Crippen molar-refractivity contribution in [3.63, 3.8) is 0 Å². The van der Waals surface area contributed by atoms with E-state index in [0.717, 1.165) is 12.0 Å². The van der Waals surface area contributed by atoms with E-state index in [1.807, 2.05) is 18.2 Å². The number of nitrogens with zero attached hydrogens (tertiary/aromatic N) is 3. The molecule has 0 saturated carbocycles. The van der Waals surface area contributed by atoms with Gasteiger partial charge in [0.25, 0.3) is 0 Å². The lowest BCUT2D eigenvalue weighted by molar-refractivity contribution is 0.354. The van der Waals surface area contributed by atoms with Crippen LogP contribution < -0.4 is 20.5 Å². The van der Waals surface area contributed by atoms with Crippen LogP contribution in [0.4, 0.5) is 0 Å². The molecule has 1 aromatic heterocycles. The molecule has 2 aromatic rings. The van der Waals surface area contributed by atoms with Gasteiger partial charge in [-0.15, -0.1) is 0 Å². The maximum absolute atomic E-state index is 5.84. The summed E-state index contributed by atoms with van der Waals surface area (Å²) in [4.78, 5) is 8.34. The standard InChI is InChI=1S/C16H23N5O3/c1-11-20-15(24-21-11)7-9-19-16(17)18-8-6-12-4-5-13(22-2)14(10-12)23-3/h4-5,10H,6-9H2,1-3H3,(H3,17,18,19). The van der Waals surface area contributed by atoms with Crippen molar-refractivity contribution in [3.8, 4) is 11.5 Å². The monoisotopic (exact) mass is 333 g/mol. The fourth-order valence-electron chi connectivity index (χ4n) is 2.14. The normalized spacial score (nSPS) is 11.4. The lowest BCUT2D eigenvalue weighted by Crippen LogP contribution is -2.33. The molecule has 2 rings (SSSR count). The Morgan fingerprint density at radius 3 is 2.71 bits per heavy atom. The number of hydrogen-bond donors (Lipinski definition) is 2. The highest BCUT2D eigenvalue weighted by molar-refractivity contribution is 5.77. The van der Waals surface area contributed by atoms with Gasteiger partial charge in [0.15, 0.2) is 23.3 Å². The van der Waals surface area contributed by atoms with E-state index in [1.165, 1.54) is 0 Å². The second-order valence-corrected chi connectivity index (χ2v) is 5.12. The summed E-state index contributed by atoms with van der Waals surface area (Å²) in [5, 5.41) is 6.80. The molecule has 24 heavy (non-hydrogen) atoms. The Morgan fingerprint density at radius 1 is 1.25 bits per heavy atom. The predicted molar refractivity (Wildman–Crippen MR) is 90.5 cm³/mol. The number of benzene rings is 1. The Bertz CT molecular complexity index is 684. The molecule has 3 N–H and O–H groups in total. The summed E-state index contributed by atoms with van der Waals surface area (Å²) < 4.78 is 15.5. The zero-order valence-electron chi connectivity index (χ0n) is 14.2. The quantitative estimate of drug-likeness (QED) is 0.550. The van der Waals surface area contributed by atoms with Gasteiger partial charge >= 0.3 is 0 Å². The van der Waals surface area contributed by atoms with Gasteiger partial charge in [-0.05, 0) is 31.0 Å². The van der Waals surface area contributed by atoms with Crippen LogP contribution in [0.25, 0.3) is 0 Å². The maximum atomic E-state index is 5.84. The highest BCUT2D eigenvalue weighted by Crippen LogP contribution is 2.27. The van der Waals surface area contributed by atoms with Crippen LogP contribution in [0.1, 0.15) is 17.3 Å². The lowest BCUT2D eigenvalue weighted by Gasteiger charge is -2.10. The molecule has 8 nitrogen and oxygen atoms in total. The number of ether oxygens (including phenoxy) is 2. The molecule has 0 saturated heterocycles. The van der Waals surface area contributed by atoms with Crippen molar-refractivity contribution in [1.82, 2.24) is 15.5 Å². The fraction of sp³-hybridized carbons (Fsp3) is 0.438. The fourth-order valence-corrected chi connectivity index (χ4v) is 2.14. The van der Waals surface area contributed by atoms with Gasteiger partial charge in [0, 0.05) is 13.0 Å². The Hall–Kier alpha value is -2.77. The van der Waals surface area contributed by atoms with Crippen LogP contribution in [0.15, 0.2) is 27.7 Å². The summed E-state index contributed by atoms with van der Waals surface area (Å²) in [5.74, 6) is 3.01. The number of rotatable bonds is 8. The third-order valence-corrected chi connectivity index (χ3v) is 3.35. The van der Waals surface area contributed by atoms with Crippen LogP contribution in [0.2, 0.25) is 0 Å². The average molecular weight is 333 g/mol. The number of nitrogens with one attached hydrogen (secondary N) is 1. The minimum absolute atomic E-state index is 0.395. The van der Waals surface area contributed by atoms with Gasteiger partial charge in [-0.1, -0.05) is 11.2 Å². The van der Waals surface area contributed by atoms with E-state index in [2.05, 4.69) is 20.4 Å². The zero-order chi connectivity index (χ0) is 17.4. The van der Waals surface area contributed by atoms with Crippen LogP contribution in [0.5, 0.6) is 11.5 Å². The maximum Gasteiger partial charge on any atom is 0.228 e. The third kappa shape index (κ3) is 5.15. The van der Waals surface area contributed by atoms with Gasteiger partial charge < -0.3 is 25.0 Å². The molecule has 0 aliphatic heterocycles. The number of nitrogens with two attached hydrogens (primary N) is 1. The van der Waals surface area contributed by atoms with Crippen LogP contribution in [0, 0.1) is 6.92 Å². The summed E-state index contributed by atoms with van der Waals surface area (Å²) in [5.41, 5.74) is 6.96. The minimum Gasteiger partial charge on any atom is -0.493 e. The first-order valence-corrected chi connectivity index (χ1v) is 7.66. The van der Waals surface area contributed by atoms with Crippen LogP contribution in [-0.2, 0) is 12.8 Å². The smallest absolute Gasteiger partial charge is 0.228 e. The van der Waals surface area contributed by atoms with Gasteiger partial charge in [0.05, 0.1) is 20.8 Å². The van der Waals surface area contributed by atoms with Crippen LogP contribution in [0.3, 0.4) is 0 Å². The Morgan fingerprint density at radius 2 is 2.04 bits per heavy atom. The molecule has 0 aliphatic rings. The van der Waals surface area contributed by atoms with E-state index in [9.17, 15) is 0 Å². The van der Waals surface area contributed by atoms with Gasteiger partial charge in [0.2, 0.25) is 5.89 Å². The molecule has 0 unspecified atom stereocenters. The van der Waals surface area contributed by atoms with Gasteiger partial charge in [-0.25, -0.2) is 0 Å². The number of aromatic nitrogens is 2. The molecule has 0 atom stereocenters. The second kappa shape index (κ2) is 8.76. The zero-order valence-corrected chi connectivity index (χ0v) is 14.2. The Balaban J connectivity index is 1.75. The van der Waals surface area contributed by atoms with E-state index in [4.69, 9.17) is 19.7 Å². The van der Waals surface area contributed by atoms with Gasteiger partial charge in [-0.2, -0.15) is 4.98 Å². The minimum atomic E-state index is 0.395. The summed E-state index contributed by atoms with van der Waals surface area (Å²) >= 11 is 0. The molecule has 130 valence electrons. The van der Waals surface area contributed by atoms with E-state index in [0.29, 0.717) is 48.7 Å².